The van der Waals surface area contributed by atoms with Crippen LogP contribution in [0.15, 0.2) is 60.7 Å². The first-order chi connectivity index (χ1) is 15.3. The van der Waals surface area contributed by atoms with E-state index in [0.717, 1.165) is 0 Å². The number of nitrogens with zero attached hydrogens (tertiary/aromatic N) is 2. The summed E-state index contributed by atoms with van der Waals surface area (Å²) in [5, 5.41) is 14.8. The lowest BCUT2D eigenvalue weighted by Crippen LogP contribution is -2.16. The third-order valence-electron chi connectivity index (χ3n) is 5.14. The highest BCUT2D eigenvalue weighted by Crippen LogP contribution is 2.31. The lowest BCUT2D eigenvalue weighted by atomic mass is 10.0. The lowest BCUT2D eigenvalue weighted by molar-refractivity contribution is 0.0599. The quantitative estimate of drug-likeness (QED) is 0.448. The molecule has 0 aliphatic heterocycles. The van der Waals surface area contributed by atoms with Crippen LogP contribution in [-0.4, -0.2) is 39.8 Å². The van der Waals surface area contributed by atoms with Crippen molar-refractivity contribution in [1.29, 1.82) is 0 Å². The minimum atomic E-state index is -1.12. The highest BCUT2D eigenvalue weighted by atomic mass is 35.5. The van der Waals surface area contributed by atoms with Gasteiger partial charge in [0.2, 0.25) is 0 Å². The van der Waals surface area contributed by atoms with E-state index in [0.29, 0.717) is 33.3 Å². The standard InChI is InChI=1S/C24H17ClN2O5/c1-13-4-3-5-18(25)20(13)22(28)27-19-12-16(23(29)30)10-11-17(19)21(26-27)14-6-8-15(9-7-14)24(31)32-2/h3-12H,1-2H3,(H,29,30). The van der Waals surface area contributed by atoms with Crippen LogP contribution in [0.25, 0.3) is 22.2 Å². The third-order valence-corrected chi connectivity index (χ3v) is 5.45. The van der Waals surface area contributed by atoms with Crippen LogP contribution < -0.4 is 0 Å². The van der Waals surface area contributed by atoms with Gasteiger partial charge in [-0.15, -0.1) is 0 Å². The highest BCUT2D eigenvalue weighted by Gasteiger charge is 2.22. The Balaban J connectivity index is 1.93. The molecule has 0 saturated heterocycles. The van der Waals surface area contributed by atoms with E-state index in [-0.39, 0.29) is 16.1 Å². The average Bonchev–Trinajstić information content (AvgIpc) is 3.17. The lowest BCUT2D eigenvalue weighted by Gasteiger charge is -2.08. The first kappa shape index (κ1) is 21.3. The molecule has 4 aromatic rings. The molecule has 160 valence electrons. The van der Waals surface area contributed by atoms with Gasteiger partial charge in [0.15, 0.2) is 0 Å². The minimum absolute atomic E-state index is 0.0231. The van der Waals surface area contributed by atoms with Crippen molar-refractivity contribution < 1.29 is 24.2 Å². The van der Waals surface area contributed by atoms with Crippen molar-refractivity contribution in [2.24, 2.45) is 0 Å². The molecule has 1 N–H and O–H groups in total. The van der Waals surface area contributed by atoms with Crippen LogP contribution in [0.2, 0.25) is 5.02 Å². The molecule has 0 unspecified atom stereocenters. The molecule has 0 fully saturated rings. The summed E-state index contributed by atoms with van der Waals surface area (Å²) in [5.74, 6) is -2.06. The summed E-state index contributed by atoms with van der Waals surface area (Å²) >= 11 is 6.29. The van der Waals surface area contributed by atoms with Crippen LogP contribution in [0.5, 0.6) is 0 Å². The van der Waals surface area contributed by atoms with E-state index in [1.54, 1.807) is 55.5 Å². The molecular weight excluding hydrogens is 432 g/mol. The van der Waals surface area contributed by atoms with Gasteiger partial charge in [0.05, 0.1) is 34.3 Å². The Labute approximate surface area is 187 Å². The number of benzene rings is 3. The zero-order valence-electron chi connectivity index (χ0n) is 17.1. The number of fused-ring (bicyclic) bond motifs is 1. The van der Waals surface area contributed by atoms with Crippen molar-refractivity contribution >= 4 is 40.3 Å². The fraction of sp³-hybridized carbons (Fsp3) is 0.0833. The fourth-order valence-corrected chi connectivity index (χ4v) is 3.81. The van der Waals surface area contributed by atoms with Crippen LogP contribution in [-0.2, 0) is 4.74 Å². The molecule has 0 aliphatic rings. The summed E-state index contributed by atoms with van der Waals surface area (Å²) in [6, 6.07) is 16.2. The first-order valence-electron chi connectivity index (χ1n) is 9.56. The van der Waals surface area contributed by atoms with Crippen LogP contribution in [0.3, 0.4) is 0 Å². The van der Waals surface area contributed by atoms with Crippen molar-refractivity contribution in [3.63, 3.8) is 0 Å². The Morgan fingerprint density at radius 2 is 1.69 bits per heavy atom. The number of carbonyl (C=O) groups excluding carboxylic acids is 2. The molecule has 3 aromatic carbocycles. The number of carboxylic acids is 1. The van der Waals surface area contributed by atoms with Gasteiger partial charge in [-0.2, -0.15) is 9.78 Å². The molecule has 0 amide bonds. The van der Waals surface area contributed by atoms with E-state index >= 15 is 0 Å². The van der Waals surface area contributed by atoms with Crippen molar-refractivity contribution in [2.75, 3.05) is 7.11 Å². The molecule has 0 spiro atoms. The average molecular weight is 449 g/mol. The van der Waals surface area contributed by atoms with Crippen molar-refractivity contribution in [3.8, 4) is 11.3 Å². The topological polar surface area (TPSA) is 98.5 Å². The molecule has 1 aromatic heterocycles. The molecular formula is C24H17ClN2O5. The molecule has 1 heterocycles. The Bertz CT molecular complexity index is 1370. The summed E-state index contributed by atoms with van der Waals surface area (Å²) in [7, 11) is 1.30. The molecule has 0 saturated carbocycles. The number of hydrogen-bond donors (Lipinski definition) is 1. The SMILES string of the molecule is COC(=O)c1ccc(-c2nn(C(=O)c3c(C)cccc3Cl)c3cc(C(=O)O)ccc23)cc1. The van der Waals surface area contributed by atoms with Crippen molar-refractivity contribution in [2.45, 2.75) is 6.92 Å². The number of hydrogen-bond acceptors (Lipinski definition) is 5. The van der Waals surface area contributed by atoms with Gasteiger partial charge in [-0.25, -0.2) is 9.59 Å². The van der Waals surface area contributed by atoms with E-state index in [1.807, 2.05) is 0 Å². The Kier molecular flexibility index (Phi) is 5.50. The maximum atomic E-state index is 13.4. The largest absolute Gasteiger partial charge is 0.478 e. The Morgan fingerprint density at radius 3 is 2.31 bits per heavy atom. The summed E-state index contributed by atoms with van der Waals surface area (Å²) in [4.78, 5) is 36.7. The number of halogens is 1. The van der Waals surface area contributed by atoms with Gasteiger partial charge in [0.1, 0.15) is 5.69 Å². The second-order valence-electron chi connectivity index (χ2n) is 7.10. The van der Waals surface area contributed by atoms with Gasteiger partial charge in [0.25, 0.3) is 5.91 Å². The summed E-state index contributed by atoms with van der Waals surface area (Å²) < 4.78 is 5.89. The first-order valence-corrected chi connectivity index (χ1v) is 9.94. The third kappa shape index (κ3) is 3.63. The van der Waals surface area contributed by atoms with Crippen LogP contribution in [0.4, 0.5) is 0 Å². The number of rotatable bonds is 4. The summed E-state index contributed by atoms with van der Waals surface area (Å²) in [5.41, 5.74) is 2.79. The summed E-state index contributed by atoms with van der Waals surface area (Å²) in [6.07, 6.45) is 0. The molecule has 32 heavy (non-hydrogen) atoms. The summed E-state index contributed by atoms with van der Waals surface area (Å²) in [6.45, 7) is 1.76. The van der Waals surface area contributed by atoms with Gasteiger partial charge in [0, 0.05) is 10.9 Å². The van der Waals surface area contributed by atoms with Gasteiger partial charge < -0.3 is 9.84 Å². The zero-order valence-corrected chi connectivity index (χ0v) is 17.9. The molecule has 0 radical (unpaired) electrons. The number of aromatic carboxylic acids is 1. The van der Waals surface area contributed by atoms with Crippen LogP contribution in [0.1, 0.15) is 36.6 Å². The minimum Gasteiger partial charge on any atom is -0.478 e. The van der Waals surface area contributed by atoms with Crippen LogP contribution in [0, 0.1) is 6.92 Å². The van der Waals surface area contributed by atoms with Gasteiger partial charge in [-0.05, 0) is 48.9 Å². The van der Waals surface area contributed by atoms with E-state index in [9.17, 15) is 19.5 Å². The van der Waals surface area contributed by atoms with E-state index in [1.165, 1.54) is 23.9 Å². The number of esters is 1. The second-order valence-corrected chi connectivity index (χ2v) is 7.51. The van der Waals surface area contributed by atoms with Gasteiger partial charge >= 0.3 is 11.9 Å². The predicted molar refractivity (Wildman–Crippen MR) is 119 cm³/mol. The zero-order chi connectivity index (χ0) is 23.0. The number of aromatic nitrogens is 2. The normalized spacial score (nSPS) is 10.8. The number of carboxylic acid groups (broad SMARTS) is 1. The van der Waals surface area contributed by atoms with Gasteiger partial charge in [-0.3, -0.25) is 4.79 Å². The van der Waals surface area contributed by atoms with Crippen molar-refractivity contribution in [1.82, 2.24) is 9.78 Å². The highest BCUT2D eigenvalue weighted by molar-refractivity contribution is 6.34. The predicted octanol–water partition coefficient (Wildman–Crippen LogP) is 4.84. The molecule has 0 bridgehead atoms. The van der Waals surface area contributed by atoms with E-state index in [2.05, 4.69) is 5.10 Å². The smallest absolute Gasteiger partial charge is 0.337 e. The number of carbonyl (C=O) groups is 3. The monoisotopic (exact) mass is 448 g/mol. The Morgan fingerprint density at radius 1 is 1.00 bits per heavy atom. The maximum Gasteiger partial charge on any atom is 0.337 e. The fourth-order valence-electron chi connectivity index (χ4n) is 3.51. The molecule has 4 rings (SSSR count). The van der Waals surface area contributed by atoms with E-state index in [4.69, 9.17) is 16.3 Å². The van der Waals surface area contributed by atoms with Gasteiger partial charge in [-0.1, -0.05) is 35.9 Å². The molecule has 8 heteroatoms. The number of aryl methyl sites for hydroxylation is 1. The number of methoxy groups -OCH3 is 1. The maximum absolute atomic E-state index is 13.4. The second kappa shape index (κ2) is 8.28. The van der Waals surface area contributed by atoms with Crippen LogP contribution >= 0.6 is 11.6 Å². The number of ether oxygens (including phenoxy) is 1. The van der Waals surface area contributed by atoms with Crippen molar-refractivity contribution in [3.05, 3.63) is 87.9 Å². The molecule has 0 atom stereocenters. The molecule has 0 aliphatic carbocycles. The van der Waals surface area contributed by atoms with E-state index < -0.39 is 17.8 Å². The Hall–Kier alpha value is -3.97. The molecule has 7 nitrogen and oxygen atoms in total.